The van der Waals surface area contributed by atoms with Crippen molar-refractivity contribution in [1.29, 1.82) is 0 Å². The zero-order chi connectivity index (χ0) is 17.8. The molecule has 0 saturated heterocycles. The van der Waals surface area contributed by atoms with Crippen LogP contribution in [0.15, 0.2) is 46.9 Å². The Bertz CT molecular complexity index is 910. The maximum absolute atomic E-state index is 12.4. The number of hydrogen-bond donors (Lipinski definition) is 1. The molecule has 0 atom stereocenters. The summed E-state index contributed by atoms with van der Waals surface area (Å²) in [5, 5.41) is 10.8. The van der Waals surface area contributed by atoms with Crippen molar-refractivity contribution in [1.82, 2.24) is 10.2 Å². The molecule has 128 valence electrons. The monoisotopic (exact) mass is 359 g/mol. The molecule has 1 heterocycles. The quantitative estimate of drug-likeness (QED) is 0.748. The first-order chi connectivity index (χ1) is 12.1. The predicted molar refractivity (Wildman–Crippen MR) is 92.2 cm³/mol. The number of nitrogens with zero attached hydrogens (tertiary/aromatic N) is 2. The molecule has 0 unspecified atom stereocenters. The molecule has 0 spiro atoms. The van der Waals surface area contributed by atoms with Crippen molar-refractivity contribution < 1.29 is 18.7 Å². The molecule has 3 aromatic rings. The molecule has 7 nitrogen and oxygen atoms in total. The summed E-state index contributed by atoms with van der Waals surface area (Å²) in [7, 11) is 3.03. The number of rotatable bonds is 5. The molecule has 2 aromatic carbocycles. The van der Waals surface area contributed by atoms with E-state index in [1.165, 1.54) is 14.2 Å². The lowest BCUT2D eigenvalue weighted by Gasteiger charge is -2.10. The molecule has 25 heavy (non-hydrogen) atoms. The van der Waals surface area contributed by atoms with Gasteiger partial charge in [0.15, 0.2) is 0 Å². The van der Waals surface area contributed by atoms with Crippen LogP contribution in [0.3, 0.4) is 0 Å². The van der Waals surface area contributed by atoms with Gasteiger partial charge in [0, 0.05) is 16.7 Å². The van der Waals surface area contributed by atoms with Crippen molar-refractivity contribution in [3.63, 3.8) is 0 Å². The van der Waals surface area contributed by atoms with Gasteiger partial charge in [-0.15, -0.1) is 10.2 Å². The summed E-state index contributed by atoms with van der Waals surface area (Å²) in [5.74, 6) is 0.502. The lowest BCUT2D eigenvalue weighted by atomic mass is 10.2. The van der Waals surface area contributed by atoms with E-state index in [0.717, 1.165) is 0 Å². The minimum Gasteiger partial charge on any atom is -0.497 e. The number of carbonyl (C=O) groups is 1. The van der Waals surface area contributed by atoms with Crippen molar-refractivity contribution in [2.75, 3.05) is 19.5 Å². The minimum atomic E-state index is -0.563. The highest BCUT2D eigenvalue weighted by Crippen LogP contribution is 2.29. The maximum Gasteiger partial charge on any atom is 0.313 e. The normalized spacial score (nSPS) is 10.4. The Hall–Kier alpha value is -3.06. The van der Waals surface area contributed by atoms with Gasteiger partial charge in [-0.3, -0.25) is 4.79 Å². The van der Waals surface area contributed by atoms with Gasteiger partial charge in [-0.1, -0.05) is 17.7 Å². The number of aromatic nitrogens is 2. The van der Waals surface area contributed by atoms with Crippen LogP contribution >= 0.6 is 11.6 Å². The third kappa shape index (κ3) is 3.72. The second kappa shape index (κ2) is 7.23. The van der Waals surface area contributed by atoms with E-state index in [2.05, 4.69) is 15.5 Å². The molecule has 0 saturated carbocycles. The summed E-state index contributed by atoms with van der Waals surface area (Å²) in [6, 6.07) is 11.9. The van der Waals surface area contributed by atoms with Gasteiger partial charge in [-0.05, 0) is 30.3 Å². The molecule has 0 aliphatic rings. The van der Waals surface area contributed by atoms with Crippen molar-refractivity contribution in [3.05, 3.63) is 53.4 Å². The molecule has 0 bridgehead atoms. The van der Waals surface area contributed by atoms with E-state index in [-0.39, 0.29) is 11.8 Å². The highest BCUT2D eigenvalue weighted by molar-refractivity contribution is 6.30. The van der Waals surface area contributed by atoms with E-state index >= 15 is 0 Å². The first kappa shape index (κ1) is 16.8. The van der Waals surface area contributed by atoms with Crippen LogP contribution < -0.4 is 14.8 Å². The Kier molecular flexibility index (Phi) is 4.85. The molecular weight excluding hydrogens is 346 g/mol. The molecule has 1 aromatic heterocycles. The van der Waals surface area contributed by atoms with Gasteiger partial charge < -0.3 is 19.2 Å². The Morgan fingerprint density at radius 2 is 1.96 bits per heavy atom. The van der Waals surface area contributed by atoms with Crippen molar-refractivity contribution >= 4 is 23.2 Å². The summed E-state index contributed by atoms with van der Waals surface area (Å²) >= 11 is 5.94. The maximum atomic E-state index is 12.4. The van der Waals surface area contributed by atoms with Gasteiger partial charge in [-0.25, -0.2) is 0 Å². The number of methoxy groups -OCH3 is 2. The number of amides is 1. The Morgan fingerprint density at radius 3 is 2.68 bits per heavy atom. The molecule has 0 aliphatic heterocycles. The number of ether oxygens (including phenoxy) is 2. The topological polar surface area (TPSA) is 86.5 Å². The average molecular weight is 360 g/mol. The van der Waals surface area contributed by atoms with Gasteiger partial charge in [0.1, 0.15) is 11.5 Å². The minimum absolute atomic E-state index is 0.181. The lowest BCUT2D eigenvalue weighted by Crippen LogP contribution is -2.13. The van der Waals surface area contributed by atoms with Crippen LogP contribution in [0.2, 0.25) is 5.02 Å². The second-order valence-corrected chi connectivity index (χ2v) is 5.38. The fraction of sp³-hybridized carbons (Fsp3) is 0.118. The van der Waals surface area contributed by atoms with Crippen LogP contribution in [0.4, 0.5) is 5.69 Å². The fourth-order valence-electron chi connectivity index (χ4n) is 2.14. The van der Waals surface area contributed by atoms with Gasteiger partial charge >= 0.3 is 11.8 Å². The van der Waals surface area contributed by atoms with Gasteiger partial charge in [0.25, 0.3) is 0 Å². The van der Waals surface area contributed by atoms with Crippen LogP contribution in [0.5, 0.6) is 11.5 Å². The highest BCUT2D eigenvalue weighted by atomic mass is 35.5. The molecule has 8 heteroatoms. The molecule has 0 fully saturated rings. The molecular formula is C17H14ClN3O4. The summed E-state index contributed by atoms with van der Waals surface area (Å²) < 4.78 is 15.8. The van der Waals surface area contributed by atoms with E-state index in [4.69, 9.17) is 25.5 Å². The molecule has 1 amide bonds. The lowest BCUT2D eigenvalue weighted by molar-refractivity contribution is 0.0990. The van der Waals surface area contributed by atoms with E-state index in [1.54, 1.807) is 42.5 Å². The van der Waals surface area contributed by atoms with Crippen LogP contribution in [-0.4, -0.2) is 30.3 Å². The van der Waals surface area contributed by atoms with Crippen LogP contribution in [0, 0.1) is 0 Å². The van der Waals surface area contributed by atoms with E-state index in [0.29, 0.717) is 27.8 Å². The van der Waals surface area contributed by atoms with E-state index in [1.807, 2.05) is 0 Å². The van der Waals surface area contributed by atoms with Gasteiger partial charge in [0.05, 0.1) is 19.9 Å². The van der Waals surface area contributed by atoms with Crippen LogP contribution in [0.1, 0.15) is 10.7 Å². The Balaban J connectivity index is 1.83. The molecule has 1 N–H and O–H groups in total. The Labute approximate surface area is 148 Å². The number of benzene rings is 2. The van der Waals surface area contributed by atoms with E-state index in [9.17, 15) is 4.79 Å². The highest BCUT2D eigenvalue weighted by Gasteiger charge is 2.18. The van der Waals surface area contributed by atoms with Crippen molar-refractivity contribution in [2.45, 2.75) is 0 Å². The zero-order valence-corrected chi connectivity index (χ0v) is 14.2. The first-order valence-corrected chi connectivity index (χ1v) is 7.61. The number of nitrogens with one attached hydrogen (secondary N) is 1. The predicted octanol–water partition coefficient (Wildman–Crippen LogP) is 3.66. The zero-order valence-electron chi connectivity index (χ0n) is 13.4. The molecule has 3 rings (SSSR count). The fourth-order valence-corrected chi connectivity index (χ4v) is 2.33. The molecule has 0 radical (unpaired) electrons. The standard InChI is InChI=1S/C17H14ClN3O4/c1-23-12-6-7-14(24-2)13(9-12)19-15(22)17-21-20-16(25-17)10-4-3-5-11(18)8-10/h3-9H,1-2H3,(H,19,22). The third-order valence-electron chi connectivity index (χ3n) is 3.35. The van der Waals surface area contributed by atoms with Crippen LogP contribution in [0.25, 0.3) is 11.5 Å². The number of anilines is 1. The summed E-state index contributed by atoms with van der Waals surface area (Å²) in [6.45, 7) is 0. The van der Waals surface area contributed by atoms with Crippen LogP contribution in [-0.2, 0) is 0 Å². The van der Waals surface area contributed by atoms with Gasteiger partial charge in [-0.2, -0.15) is 0 Å². The number of halogens is 1. The summed E-state index contributed by atoms with van der Waals surface area (Å²) in [6.07, 6.45) is 0. The number of hydrogen-bond acceptors (Lipinski definition) is 6. The largest absolute Gasteiger partial charge is 0.497 e. The summed E-state index contributed by atoms with van der Waals surface area (Å²) in [4.78, 5) is 12.4. The third-order valence-corrected chi connectivity index (χ3v) is 3.58. The number of carbonyl (C=O) groups excluding carboxylic acids is 1. The van der Waals surface area contributed by atoms with Crippen molar-refractivity contribution in [3.8, 4) is 23.0 Å². The smallest absolute Gasteiger partial charge is 0.313 e. The average Bonchev–Trinajstić information content (AvgIpc) is 3.12. The first-order valence-electron chi connectivity index (χ1n) is 7.23. The Morgan fingerprint density at radius 1 is 1.12 bits per heavy atom. The van der Waals surface area contributed by atoms with Crippen molar-refractivity contribution in [2.24, 2.45) is 0 Å². The SMILES string of the molecule is COc1ccc(OC)c(NC(=O)c2nnc(-c3cccc(Cl)c3)o2)c1. The summed E-state index contributed by atoms with van der Waals surface area (Å²) in [5.41, 5.74) is 1.05. The second-order valence-electron chi connectivity index (χ2n) is 4.94. The van der Waals surface area contributed by atoms with E-state index < -0.39 is 5.91 Å². The van der Waals surface area contributed by atoms with Gasteiger partial charge in [0.2, 0.25) is 5.89 Å². The molecule has 0 aliphatic carbocycles.